The van der Waals surface area contributed by atoms with Crippen LogP contribution in [0.5, 0.6) is 5.75 Å². The van der Waals surface area contributed by atoms with Gasteiger partial charge in [-0.3, -0.25) is 9.59 Å². The standard InChI is InChI=1S/C24H22N4O5S/c1-14(2)22-27-28-20(29)12-16(25-24(28)34-22)13-33-23(31)18-6-4-5-7-19(18)26-21(30)15-8-10-17(32-3)11-9-15/h4-12,14H,13H2,1-3H3,(H,26,30). The van der Waals surface area contributed by atoms with Gasteiger partial charge in [-0.2, -0.15) is 9.61 Å². The summed E-state index contributed by atoms with van der Waals surface area (Å²) in [6.45, 7) is 3.77. The molecule has 0 fully saturated rings. The summed E-state index contributed by atoms with van der Waals surface area (Å²) in [5, 5.41) is 7.80. The maximum absolute atomic E-state index is 12.8. The van der Waals surface area contributed by atoms with Crippen LogP contribution in [0.15, 0.2) is 59.4 Å². The van der Waals surface area contributed by atoms with Gasteiger partial charge in [-0.15, -0.1) is 0 Å². The van der Waals surface area contributed by atoms with Gasteiger partial charge in [-0.25, -0.2) is 9.78 Å². The topological polar surface area (TPSA) is 112 Å². The van der Waals surface area contributed by atoms with Crippen molar-refractivity contribution in [2.24, 2.45) is 0 Å². The molecular formula is C24H22N4O5S. The lowest BCUT2D eigenvalue weighted by molar-refractivity contribution is 0.0469. The molecule has 0 saturated heterocycles. The molecule has 0 saturated carbocycles. The molecule has 0 unspecified atom stereocenters. The van der Waals surface area contributed by atoms with E-state index in [2.05, 4.69) is 15.4 Å². The number of hydrogen-bond acceptors (Lipinski definition) is 8. The molecule has 9 nitrogen and oxygen atoms in total. The van der Waals surface area contributed by atoms with Gasteiger partial charge in [-0.1, -0.05) is 37.3 Å². The number of para-hydroxylation sites is 1. The Bertz CT molecular complexity index is 1410. The normalized spacial score (nSPS) is 10.9. The maximum Gasteiger partial charge on any atom is 0.340 e. The van der Waals surface area contributed by atoms with Gasteiger partial charge in [0.05, 0.1) is 24.1 Å². The monoisotopic (exact) mass is 478 g/mol. The van der Waals surface area contributed by atoms with Gasteiger partial charge in [0.1, 0.15) is 17.4 Å². The first-order valence-electron chi connectivity index (χ1n) is 10.5. The number of methoxy groups -OCH3 is 1. The Hall–Kier alpha value is -4.05. The highest BCUT2D eigenvalue weighted by Gasteiger charge is 2.17. The predicted molar refractivity (Wildman–Crippen MR) is 128 cm³/mol. The molecule has 10 heteroatoms. The zero-order chi connectivity index (χ0) is 24.2. The number of carbonyl (C=O) groups is 2. The van der Waals surface area contributed by atoms with Crippen molar-refractivity contribution in [3.63, 3.8) is 0 Å². The largest absolute Gasteiger partial charge is 0.497 e. The summed E-state index contributed by atoms with van der Waals surface area (Å²) in [5.41, 5.74) is 0.874. The summed E-state index contributed by atoms with van der Waals surface area (Å²) in [4.78, 5) is 42.6. The summed E-state index contributed by atoms with van der Waals surface area (Å²) < 4.78 is 11.7. The zero-order valence-electron chi connectivity index (χ0n) is 18.8. The molecule has 2 aromatic carbocycles. The molecule has 2 aromatic heterocycles. The van der Waals surface area contributed by atoms with E-state index in [1.165, 1.54) is 21.9 Å². The van der Waals surface area contributed by atoms with Crippen LogP contribution in [0, 0.1) is 0 Å². The second-order valence-electron chi connectivity index (χ2n) is 7.68. The van der Waals surface area contributed by atoms with Gasteiger partial charge >= 0.3 is 5.97 Å². The van der Waals surface area contributed by atoms with Crippen LogP contribution in [0.1, 0.15) is 51.2 Å². The third-order valence-electron chi connectivity index (χ3n) is 4.91. The lowest BCUT2D eigenvalue weighted by Gasteiger charge is -2.11. The predicted octanol–water partition coefficient (Wildman–Crippen LogP) is 3.89. The molecule has 0 aliphatic rings. The molecule has 174 valence electrons. The van der Waals surface area contributed by atoms with Gasteiger partial charge in [-0.05, 0) is 36.4 Å². The van der Waals surface area contributed by atoms with Crippen LogP contribution in [0.4, 0.5) is 5.69 Å². The average molecular weight is 479 g/mol. The highest BCUT2D eigenvalue weighted by molar-refractivity contribution is 7.16. The van der Waals surface area contributed by atoms with Gasteiger partial charge in [0.15, 0.2) is 0 Å². The molecule has 1 N–H and O–H groups in total. The van der Waals surface area contributed by atoms with Gasteiger partial charge in [0, 0.05) is 17.5 Å². The number of esters is 1. The fourth-order valence-corrected chi connectivity index (χ4v) is 4.03. The number of fused-ring (bicyclic) bond motifs is 1. The van der Waals surface area contributed by atoms with Crippen molar-refractivity contribution in [1.29, 1.82) is 0 Å². The second kappa shape index (κ2) is 9.84. The molecule has 0 bridgehead atoms. The molecule has 0 aliphatic carbocycles. The molecule has 0 spiro atoms. The second-order valence-corrected chi connectivity index (χ2v) is 8.67. The summed E-state index contributed by atoms with van der Waals surface area (Å²) in [6, 6.07) is 14.4. The lowest BCUT2D eigenvalue weighted by Crippen LogP contribution is -2.18. The van der Waals surface area contributed by atoms with Crippen LogP contribution < -0.4 is 15.6 Å². The Morgan fingerprint density at radius 2 is 1.85 bits per heavy atom. The minimum atomic E-state index is -0.653. The molecule has 1 amide bonds. The molecule has 0 aliphatic heterocycles. The number of carbonyl (C=O) groups excluding carboxylic acids is 2. The van der Waals surface area contributed by atoms with Crippen molar-refractivity contribution in [2.75, 3.05) is 12.4 Å². The molecule has 2 heterocycles. The van der Waals surface area contributed by atoms with E-state index in [0.717, 1.165) is 5.01 Å². The van der Waals surface area contributed by atoms with Crippen molar-refractivity contribution < 1.29 is 19.1 Å². The van der Waals surface area contributed by atoms with Crippen LogP contribution in [0.25, 0.3) is 4.96 Å². The fraction of sp³-hybridized carbons (Fsp3) is 0.208. The summed E-state index contributed by atoms with van der Waals surface area (Å²) in [7, 11) is 1.54. The van der Waals surface area contributed by atoms with E-state index in [9.17, 15) is 14.4 Å². The number of anilines is 1. The molecular weight excluding hydrogens is 456 g/mol. The van der Waals surface area contributed by atoms with Crippen LogP contribution in [0.2, 0.25) is 0 Å². The van der Waals surface area contributed by atoms with E-state index < -0.39 is 5.97 Å². The van der Waals surface area contributed by atoms with Gasteiger partial charge < -0.3 is 14.8 Å². The van der Waals surface area contributed by atoms with E-state index in [1.54, 1.807) is 55.6 Å². The summed E-state index contributed by atoms with van der Waals surface area (Å²) in [5.74, 6) is -0.239. The van der Waals surface area contributed by atoms with Crippen molar-refractivity contribution in [1.82, 2.24) is 14.6 Å². The first-order valence-corrected chi connectivity index (χ1v) is 11.3. The molecule has 0 atom stereocenters. The Kier molecular flexibility index (Phi) is 6.69. The minimum Gasteiger partial charge on any atom is -0.497 e. The number of aromatic nitrogens is 3. The molecule has 4 aromatic rings. The Balaban J connectivity index is 1.48. The highest BCUT2D eigenvalue weighted by atomic mass is 32.1. The van der Waals surface area contributed by atoms with Crippen molar-refractivity contribution in [3.8, 4) is 5.75 Å². The Morgan fingerprint density at radius 1 is 1.12 bits per heavy atom. The molecule has 0 radical (unpaired) electrons. The highest BCUT2D eigenvalue weighted by Crippen LogP contribution is 2.21. The molecule has 34 heavy (non-hydrogen) atoms. The SMILES string of the molecule is COc1ccc(C(=O)Nc2ccccc2C(=O)OCc2cc(=O)n3nc(C(C)C)sc3n2)cc1. The number of nitrogens with zero attached hydrogens (tertiary/aromatic N) is 3. The van der Waals surface area contributed by atoms with Gasteiger partial charge in [0.25, 0.3) is 11.5 Å². The average Bonchev–Trinajstić information content (AvgIpc) is 3.28. The first-order chi connectivity index (χ1) is 16.4. The minimum absolute atomic E-state index is 0.164. The van der Waals surface area contributed by atoms with Crippen LogP contribution in [-0.4, -0.2) is 33.6 Å². The summed E-state index contributed by atoms with van der Waals surface area (Å²) in [6.07, 6.45) is 0. The van der Waals surface area contributed by atoms with Crippen LogP contribution in [0.3, 0.4) is 0 Å². The number of nitrogens with one attached hydrogen (secondary N) is 1. The van der Waals surface area contributed by atoms with E-state index >= 15 is 0 Å². The maximum atomic E-state index is 12.8. The number of rotatable bonds is 7. The van der Waals surface area contributed by atoms with Crippen molar-refractivity contribution >= 4 is 33.9 Å². The Morgan fingerprint density at radius 3 is 2.56 bits per heavy atom. The number of ether oxygens (including phenoxy) is 2. The van der Waals surface area contributed by atoms with Crippen molar-refractivity contribution in [2.45, 2.75) is 26.4 Å². The lowest BCUT2D eigenvalue weighted by atomic mass is 10.1. The van der Waals surface area contributed by atoms with Crippen LogP contribution in [-0.2, 0) is 11.3 Å². The zero-order valence-corrected chi connectivity index (χ0v) is 19.6. The van der Waals surface area contributed by atoms with E-state index in [4.69, 9.17) is 9.47 Å². The van der Waals surface area contributed by atoms with E-state index in [0.29, 0.717) is 27.7 Å². The Labute approximate surface area is 199 Å². The summed E-state index contributed by atoms with van der Waals surface area (Å²) >= 11 is 1.32. The quantitative estimate of drug-likeness (QED) is 0.401. The van der Waals surface area contributed by atoms with Gasteiger partial charge in [0.2, 0.25) is 4.96 Å². The van der Waals surface area contributed by atoms with E-state index in [-0.39, 0.29) is 29.6 Å². The fourth-order valence-electron chi connectivity index (χ4n) is 3.10. The van der Waals surface area contributed by atoms with Crippen LogP contribution >= 0.6 is 11.3 Å². The first kappa shape index (κ1) is 23.1. The number of amides is 1. The molecule has 4 rings (SSSR count). The third kappa shape index (κ3) is 4.96. The number of benzene rings is 2. The third-order valence-corrected chi connectivity index (χ3v) is 6.12. The smallest absolute Gasteiger partial charge is 0.340 e. The van der Waals surface area contributed by atoms with Crippen molar-refractivity contribution in [3.05, 3.63) is 86.8 Å². The number of hydrogen-bond donors (Lipinski definition) is 1. The van der Waals surface area contributed by atoms with E-state index in [1.807, 2.05) is 13.8 Å².